The molecular weight excluding hydrogens is 272 g/mol. The summed E-state index contributed by atoms with van der Waals surface area (Å²) in [6.45, 7) is 1.55. The Balaban J connectivity index is 2.01. The van der Waals surface area contributed by atoms with E-state index in [-0.39, 0.29) is 5.91 Å². The van der Waals surface area contributed by atoms with Gasteiger partial charge < -0.3 is 4.90 Å². The molecule has 110 valence electrons. The molecule has 22 heavy (non-hydrogen) atoms. The molecule has 0 fully saturated rings. The molecule has 1 heterocycles. The second-order valence-electron chi connectivity index (χ2n) is 5.65. The lowest BCUT2D eigenvalue weighted by atomic mass is 10.0. The quantitative estimate of drug-likeness (QED) is 0.675. The van der Waals surface area contributed by atoms with Crippen LogP contribution in [0.5, 0.6) is 0 Å². The number of nitrogens with zero attached hydrogens (tertiary/aromatic N) is 2. The maximum atomic E-state index is 11.3. The summed E-state index contributed by atoms with van der Waals surface area (Å²) in [5.41, 5.74) is 3.46. The normalized spacial score (nSPS) is 10.7. The molecule has 0 spiro atoms. The van der Waals surface area contributed by atoms with Crippen molar-refractivity contribution in [3.8, 4) is 11.1 Å². The molecular formula is C19H19N2O+. The predicted octanol–water partition coefficient (Wildman–Crippen LogP) is 3.52. The van der Waals surface area contributed by atoms with Gasteiger partial charge in [-0.05, 0) is 40.1 Å². The molecule has 0 radical (unpaired) electrons. The van der Waals surface area contributed by atoms with Crippen LogP contribution in [0.15, 0.2) is 60.9 Å². The largest absolute Gasteiger partial charge is 0.389 e. The molecule has 0 aliphatic rings. The Hall–Kier alpha value is -2.68. The third-order valence-corrected chi connectivity index (χ3v) is 3.87. The molecule has 3 heteroatoms. The number of carbonyl (C=O) groups is 1. The van der Waals surface area contributed by atoms with E-state index >= 15 is 0 Å². The molecule has 0 unspecified atom stereocenters. The molecule has 0 amide bonds. The smallest absolute Gasteiger partial charge is 0.378 e. The first kappa shape index (κ1) is 14.3. The molecule has 3 nitrogen and oxygen atoms in total. The van der Waals surface area contributed by atoms with Crippen molar-refractivity contribution in [3.63, 3.8) is 0 Å². The molecule has 0 N–H and O–H groups in total. The van der Waals surface area contributed by atoms with E-state index in [0.717, 1.165) is 11.1 Å². The summed E-state index contributed by atoms with van der Waals surface area (Å²) in [6, 6.07) is 16.8. The van der Waals surface area contributed by atoms with Crippen LogP contribution in [0.2, 0.25) is 0 Å². The van der Waals surface area contributed by atoms with Gasteiger partial charge in [0.1, 0.15) is 0 Å². The number of hydrogen-bond donors (Lipinski definition) is 0. The fraction of sp³-hybridized carbons (Fsp3) is 0.158. The summed E-state index contributed by atoms with van der Waals surface area (Å²) in [5.74, 6) is 0.0151. The van der Waals surface area contributed by atoms with E-state index in [2.05, 4.69) is 41.3 Å². The number of aromatic nitrogens is 1. The van der Waals surface area contributed by atoms with Gasteiger partial charge in [0, 0.05) is 31.9 Å². The van der Waals surface area contributed by atoms with Crippen molar-refractivity contribution in [2.24, 2.45) is 0 Å². The van der Waals surface area contributed by atoms with Gasteiger partial charge in [0.05, 0.1) is 6.92 Å². The summed E-state index contributed by atoms with van der Waals surface area (Å²) < 4.78 is 1.58. The molecule has 0 atom stereocenters. The van der Waals surface area contributed by atoms with Crippen LogP contribution >= 0.6 is 0 Å². The maximum absolute atomic E-state index is 11.3. The fourth-order valence-electron chi connectivity index (χ4n) is 2.52. The van der Waals surface area contributed by atoms with Crippen molar-refractivity contribution in [2.75, 3.05) is 19.0 Å². The average molecular weight is 291 g/mol. The van der Waals surface area contributed by atoms with Crippen LogP contribution in [0, 0.1) is 0 Å². The van der Waals surface area contributed by atoms with Gasteiger partial charge in [0.2, 0.25) is 0 Å². The SMILES string of the molecule is CC(=O)[n+]1ccc(-c2ccc3cc(N(C)C)ccc3c2)cc1. The minimum Gasteiger partial charge on any atom is -0.378 e. The first-order valence-corrected chi connectivity index (χ1v) is 7.28. The zero-order valence-corrected chi connectivity index (χ0v) is 13.1. The van der Waals surface area contributed by atoms with Gasteiger partial charge in [0.15, 0.2) is 12.4 Å². The minimum absolute atomic E-state index is 0.0151. The van der Waals surface area contributed by atoms with Crippen LogP contribution in [-0.2, 0) is 0 Å². The summed E-state index contributed by atoms with van der Waals surface area (Å²) in [4.78, 5) is 13.4. The van der Waals surface area contributed by atoms with Gasteiger partial charge in [-0.25, -0.2) is 4.79 Å². The first-order chi connectivity index (χ1) is 10.5. The summed E-state index contributed by atoms with van der Waals surface area (Å²) in [6.07, 6.45) is 3.61. The van der Waals surface area contributed by atoms with E-state index < -0.39 is 0 Å². The van der Waals surface area contributed by atoms with Crippen LogP contribution in [0.3, 0.4) is 0 Å². The predicted molar refractivity (Wildman–Crippen MR) is 90.2 cm³/mol. The van der Waals surface area contributed by atoms with Gasteiger partial charge in [-0.3, -0.25) is 0 Å². The number of pyridine rings is 1. The number of carbonyl (C=O) groups excluding carboxylic acids is 1. The Bertz CT molecular complexity index is 836. The van der Waals surface area contributed by atoms with Crippen molar-refractivity contribution in [2.45, 2.75) is 6.92 Å². The first-order valence-electron chi connectivity index (χ1n) is 7.28. The number of fused-ring (bicyclic) bond motifs is 1. The lowest BCUT2D eigenvalue weighted by molar-refractivity contribution is -0.572. The highest BCUT2D eigenvalue weighted by Gasteiger charge is 2.08. The zero-order chi connectivity index (χ0) is 15.7. The Morgan fingerprint density at radius 3 is 2.14 bits per heavy atom. The fourth-order valence-corrected chi connectivity index (χ4v) is 2.52. The Kier molecular flexibility index (Phi) is 3.63. The van der Waals surface area contributed by atoms with E-state index in [0.29, 0.717) is 0 Å². The molecule has 0 aliphatic heterocycles. The van der Waals surface area contributed by atoms with E-state index in [1.807, 2.05) is 26.2 Å². The van der Waals surface area contributed by atoms with Gasteiger partial charge in [-0.1, -0.05) is 18.2 Å². The zero-order valence-electron chi connectivity index (χ0n) is 13.1. The number of benzene rings is 2. The van der Waals surface area contributed by atoms with Crippen molar-refractivity contribution in [3.05, 3.63) is 60.9 Å². The lowest BCUT2D eigenvalue weighted by Gasteiger charge is -2.13. The molecule has 0 bridgehead atoms. The molecule has 1 aromatic heterocycles. The van der Waals surface area contributed by atoms with Crippen LogP contribution in [-0.4, -0.2) is 20.0 Å². The second kappa shape index (κ2) is 5.60. The number of anilines is 1. The molecule has 3 aromatic rings. The average Bonchev–Trinajstić information content (AvgIpc) is 2.54. The van der Waals surface area contributed by atoms with Crippen molar-refractivity contribution >= 4 is 22.4 Å². The van der Waals surface area contributed by atoms with Crippen molar-refractivity contribution in [1.82, 2.24) is 0 Å². The number of hydrogen-bond acceptors (Lipinski definition) is 2. The van der Waals surface area contributed by atoms with Gasteiger partial charge in [0.25, 0.3) is 0 Å². The third kappa shape index (κ3) is 2.70. The Morgan fingerprint density at radius 2 is 1.50 bits per heavy atom. The minimum atomic E-state index is 0.0151. The van der Waals surface area contributed by atoms with Gasteiger partial charge >= 0.3 is 5.91 Å². The van der Waals surface area contributed by atoms with E-state index in [1.165, 1.54) is 16.5 Å². The maximum Gasteiger partial charge on any atom is 0.389 e. The topological polar surface area (TPSA) is 24.2 Å². The third-order valence-electron chi connectivity index (χ3n) is 3.87. The van der Waals surface area contributed by atoms with Gasteiger partial charge in [-0.15, -0.1) is 4.57 Å². The highest BCUT2D eigenvalue weighted by Crippen LogP contribution is 2.26. The molecule has 2 aromatic carbocycles. The van der Waals surface area contributed by atoms with Crippen LogP contribution in [0.1, 0.15) is 11.7 Å². The van der Waals surface area contributed by atoms with Crippen LogP contribution in [0.25, 0.3) is 21.9 Å². The molecule has 0 saturated carbocycles. The van der Waals surface area contributed by atoms with E-state index in [9.17, 15) is 4.79 Å². The summed E-state index contributed by atoms with van der Waals surface area (Å²) in [5, 5.41) is 2.44. The van der Waals surface area contributed by atoms with Crippen LogP contribution < -0.4 is 9.47 Å². The van der Waals surface area contributed by atoms with Gasteiger partial charge in [-0.2, -0.15) is 0 Å². The van der Waals surface area contributed by atoms with E-state index in [1.54, 1.807) is 23.9 Å². The molecule has 0 saturated heterocycles. The highest BCUT2D eigenvalue weighted by atomic mass is 16.1. The van der Waals surface area contributed by atoms with Crippen molar-refractivity contribution in [1.29, 1.82) is 0 Å². The van der Waals surface area contributed by atoms with E-state index in [4.69, 9.17) is 0 Å². The lowest BCUT2D eigenvalue weighted by Crippen LogP contribution is -2.39. The monoisotopic (exact) mass is 291 g/mol. The van der Waals surface area contributed by atoms with Crippen molar-refractivity contribution < 1.29 is 9.36 Å². The summed E-state index contributed by atoms with van der Waals surface area (Å²) in [7, 11) is 4.09. The summed E-state index contributed by atoms with van der Waals surface area (Å²) >= 11 is 0. The van der Waals surface area contributed by atoms with Crippen LogP contribution in [0.4, 0.5) is 5.69 Å². The molecule has 3 rings (SSSR count). The number of rotatable bonds is 2. The standard InChI is InChI=1S/C19H19N2O/c1-14(22)21-10-8-15(9-11-21)16-4-5-18-13-19(20(2)3)7-6-17(18)12-16/h4-13H,1-3H3/q+1. The second-order valence-corrected chi connectivity index (χ2v) is 5.65. The molecule has 0 aliphatic carbocycles. The highest BCUT2D eigenvalue weighted by molar-refractivity contribution is 5.89. The Labute approximate surface area is 130 Å². The Morgan fingerprint density at radius 1 is 0.864 bits per heavy atom.